The Morgan fingerprint density at radius 1 is 1.57 bits per heavy atom. The van der Waals surface area contributed by atoms with Crippen molar-refractivity contribution in [3.8, 4) is 5.75 Å². The summed E-state index contributed by atoms with van der Waals surface area (Å²) >= 11 is 0. The first-order valence-corrected chi connectivity index (χ1v) is 4.84. The van der Waals surface area contributed by atoms with Gasteiger partial charge in [0.15, 0.2) is 5.75 Å². The van der Waals surface area contributed by atoms with Gasteiger partial charge in [-0.1, -0.05) is 0 Å². The lowest BCUT2D eigenvalue weighted by atomic mass is 10.1. The zero-order valence-corrected chi connectivity index (χ0v) is 8.50. The van der Waals surface area contributed by atoms with Crippen LogP contribution in [0.1, 0.15) is 18.5 Å². The number of nitrogens with one attached hydrogen (secondary N) is 2. The van der Waals surface area contributed by atoms with Gasteiger partial charge < -0.3 is 15.4 Å². The molecule has 0 amide bonds. The molecule has 0 fully saturated rings. The summed E-state index contributed by atoms with van der Waals surface area (Å²) in [6.45, 7) is 3.68. The van der Waals surface area contributed by atoms with Gasteiger partial charge >= 0.3 is 0 Å². The first-order valence-electron chi connectivity index (χ1n) is 4.84. The molecule has 1 unspecified atom stereocenters. The van der Waals surface area contributed by atoms with Gasteiger partial charge in [-0.2, -0.15) is 0 Å². The van der Waals surface area contributed by atoms with Crippen LogP contribution in [0.15, 0.2) is 12.4 Å². The van der Waals surface area contributed by atoms with E-state index in [2.05, 4.69) is 22.5 Å². The Hall–Kier alpha value is -1.29. The summed E-state index contributed by atoms with van der Waals surface area (Å²) in [6, 6.07) is 0.284. The van der Waals surface area contributed by atoms with Crippen molar-refractivity contribution in [1.29, 1.82) is 0 Å². The van der Waals surface area contributed by atoms with Crippen LogP contribution in [-0.4, -0.2) is 25.2 Å². The number of fused-ring (bicyclic) bond motifs is 1. The summed E-state index contributed by atoms with van der Waals surface area (Å²) in [5.41, 5.74) is 2.23. The topological polar surface area (TPSA) is 46.2 Å². The number of hydrogen-bond acceptors (Lipinski definition) is 4. The van der Waals surface area contributed by atoms with Crippen LogP contribution in [0, 0.1) is 0 Å². The van der Waals surface area contributed by atoms with Crippen molar-refractivity contribution in [2.75, 3.05) is 25.5 Å². The fourth-order valence-corrected chi connectivity index (χ4v) is 1.58. The number of aromatic nitrogens is 1. The first kappa shape index (κ1) is 9.27. The van der Waals surface area contributed by atoms with Crippen LogP contribution >= 0.6 is 0 Å². The maximum atomic E-state index is 5.51. The van der Waals surface area contributed by atoms with E-state index in [9.17, 15) is 0 Å². The fourth-order valence-electron chi connectivity index (χ4n) is 1.58. The molecule has 2 N–H and O–H groups in total. The SMILES string of the molecule is CNC(C)c1cncc2c1NCCO2. The smallest absolute Gasteiger partial charge is 0.161 e. The molecule has 1 aromatic heterocycles. The van der Waals surface area contributed by atoms with Gasteiger partial charge in [-0.05, 0) is 14.0 Å². The number of ether oxygens (including phenoxy) is 1. The van der Waals surface area contributed by atoms with E-state index >= 15 is 0 Å². The van der Waals surface area contributed by atoms with Gasteiger partial charge in [0.05, 0.1) is 11.9 Å². The molecule has 0 bridgehead atoms. The maximum absolute atomic E-state index is 5.51. The quantitative estimate of drug-likeness (QED) is 0.740. The molecule has 1 aliphatic rings. The largest absolute Gasteiger partial charge is 0.488 e. The number of rotatable bonds is 2. The van der Waals surface area contributed by atoms with Crippen LogP contribution in [0.2, 0.25) is 0 Å². The van der Waals surface area contributed by atoms with E-state index in [1.54, 1.807) is 6.20 Å². The molecule has 1 aliphatic heterocycles. The average molecular weight is 193 g/mol. The molecule has 2 heterocycles. The minimum atomic E-state index is 0.284. The van der Waals surface area contributed by atoms with E-state index < -0.39 is 0 Å². The van der Waals surface area contributed by atoms with Crippen molar-refractivity contribution in [3.05, 3.63) is 18.0 Å². The molecule has 0 spiro atoms. The molecule has 2 rings (SSSR count). The first-order chi connectivity index (χ1) is 6.83. The van der Waals surface area contributed by atoms with E-state index in [-0.39, 0.29) is 6.04 Å². The van der Waals surface area contributed by atoms with Crippen molar-refractivity contribution >= 4 is 5.69 Å². The molecular formula is C10H15N3O. The maximum Gasteiger partial charge on any atom is 0.161 e. The van der Waals surface area contributed by atoms with E-state index in [0.29, 0.717) is 6.61 Å². The minimum Gasteiger partial charge on any atom is -0.488 e. The molecule has 0 radical (unpaired) electrons. The highest BCUT2D eigenvalue weighted by molar-refractivity contribution is 5.62. The third kappa shape index (κ3) is 1.53. The predicted octanol–water partition coefficient (Wildman–Crippen LogP) is 1.17. The number of hydrogen-bond donors (Lipinski definition) is 2. The standard InChI is InChI=1S/C10H15N3O/c1-7(11-2)8-5-12-6-9-10(8)13-3-4-14-9/h5-7,11,13H,3-4H2,1-2H3. The lowest BCUT2D eigenvalue weighted by Crippen LogP contribution is -2.22. The Balaban J connectivity index is 2.39. The molecule has 1 aromatic rings. The van der Waals surface area contributed by atoms with Crippen LogP contribution in [0.25, 0.3) is 0 Å². The lowest BCUT2D eigenvalue weighted by Gasteiger charge is -2.23. The Bertz CT molecular complexity index is 327. The van der Waals surface area contributed by atoms with Gasteiger partial charge in [-0.25, -0.2) is 0 Å². The van der Waals surface area contributed by atoms with Gasteiger partial charge in [0.2, 0.25) is 0 Å². The zero-order chi connectivity index (χ0) is 9.97. The molecule has 0 aliphatic carbocycles. The second-order valence-electron chi connectivity index (χ2n) is 3.39. The molecule has 0 saturated carbocycles. The van der Waals surface area contributed by atoms with E-state index in [1.807, 2.05) is 13.2 Å². The number of pyridine rings is 1. The zero-order valence-electron chi connectivity index (χ0n) is 8.50. The molecule has 14 heavy (non-hydrogen) atoms. The highest BCUT2D eigenvalue weighted by Crippen LogP contribution is 2.32. The summed E-state index contributed by atoms with van der Waals surface area (Å²) in [7, 11) is 1.94. The van der Waals surface area contributed by atoms with Crippen molar-refractivity contribution in [3.63, 3.8) is 0 Å². The molecule has 1 atom stereocenters. The molecule has 0 aromatic carbocycles. The summed E-state index contributed by atoms with van der Waals surface area (Å²) in [4.78, 5) is 4.16. The van der Waals surface area contributed by atoms with E-state index in [1.165, 1.54) is 0 Å². The highest BCUT2D eigenvalue weighted by atomic mass is 16.5. The van der Waals surface area contributed by atoms with Crippen LogP contribution in [0.3, 0.4) is 0 Å². The summed E-state index contributed by atoms with van der Waals surface area (Å²) in [5.74, 6) is 0.857. The second-order valence-corrected chi connectivity index (χ2v) is 3.39. The monoisotopic (exact) mass is 193 g/mol. The second kappa shape index (κ2) is 3.84. The number of nitrogens with zero attached hydrogens (tertiary/aromatic N) is 1. The molecule has 0 saturated heterocycles. The van der Waals surface area contributed by atoms with Gasteiger partial charge in [0.25, 0.3) is 0 Å². The molecule has 4 nitrogen and oxygen atoms in total. The van der Waals surface area contributed by atoms with Crippen molar-refractivity contribution in [2.24, 2.45) is 0 Å². The van der Waals surface area contributed by atoms with Crippen LogP contribution in [0.5, 0.6) is 5.75 Å². The molecular weight excluding hydrogens is 178 g/mol. The lowest BCUT2D eigenvalue weighted by molar-refractivity contribution is 0.321. The van der Waals surface area contributed by atoms with E-state index in [0.717, 1.165) is 23.5 Å². The predicted molar refractivity (Wildman–Crippen MR) is 55.7 cm³/mol. The Morgan fingerprint density at radius 3 is 3.21 bits per heavy atom. The third-order valence-corrected chi connectivity index (χ3v) is 2.50. The van der Waals surface area contributed by atoms with Gasteiger partial charge in [0.1, 0.15) is 6.61 Å². The highest BCUT2D eigenvalue weighted by Gasteiger charge is 2.16. The van der Waals surface area contributed by atoms with Gasteiger partial charge in [-0.15, -0.1) is 0 Å². The summed E-state index contributed by atoms with van der Waals surface area (Å²) < 4.78 is 5.51. The van der Waals surface area contributed by atoms with Crippen LogP contribution < -0.4 is 15.4 Å². The van der Waals surface area contributed by atoms with Crippen molar-refractivity contribution < 1.29 is 4.74 Å². The van der Waals surface area contributed by atoms with E-state index in [4.69, 9.17) is 4.74 Å². The van der Waals surface area contributed by atoms with Gasteiger partial charge in [0, 0.05) is 24.3 Å². The summed E-state index contributed by atoms with van der Waals surface area (Å²) in [5, 5.41) is 6.54. The third-order valence-electron chi connectivity index (χ3n) is 2.50. The van der Waals surface area contributed by atoms with Crippen LogP contribution in [0.4, 0.5) is 5.69 Å². The minimum absolute atomic E-state index is 0.284. The average Bonchev–Trinajstić information content (AvgIpc) is 2.27. The fraction of sp³-hybridized carbons (Fsp3) is 0.500. The Kier molecular flexibility index (Phi) is 2.54. The van der Waals surface area contributed by atoms with Crippen molar-refractivity contribution in [2.45, 2.75) is 13.0 Å². The number of anilines is 1. The molecule has 76 valence electrons. The molecule has 4 heteroatoms. The Morgan fingerprint density at radius 2 is 2.43 bits per heavy atom. The summed E-state index contributed by atoms with van der Waals surface area (Å²) in [6.07, 6.45) is 3.63. The van der Waals surface area contributed by atoms with Gasteiger partial charge in [-0.3, -0.25) is 4.98 Å². The normalized spacial score (nSPS) is 16.4. The van der Waals surface area contributed by atoms with Crippen LogP contribution in [-0.2, 0) is 0 Å². The van der Waals surface area contributed by atoms with Crippen molar-refractivity contribution in [1.82, 2.24) is 10.3 Å². The Labute approximate surface area is 83.7 Å².